The molecule has 0 aliphatic heterocycles. The summed E-state index contributed by atoms with van der Waals surface area (Å²) >= 11 is 0. The molecule has 2 aromatic rings. The molecule has 0 unspecified atom stereocenters. The molecule has 0 aliphatic carbocycles. The first-order valence-corrected chi connectivity index (χ1v) is 4.75. The van der Waals surface area contributed by atoms with Crippen LogP contribution in [-0.4, -0.2) is 11.4 Å². The Morgan fingerprint density at radius 1 is 1.12 bits per heavy atom. The zero-order valence-corrected chi connectivity index (χ0v) is 8.35. The van der Waals surface area contributed by atoms with Gasteiger partial charge in [-0.05, 0) is 23.3 Å². The van der Waals surface area contributed by atoms with Gasteiger partial charge >= 0.3 is 0 Å². The van der Waals surface area contributed by atoms with Gasteiger partial charge in [0.2, 0.25) is 0 Å². The van der Waals surface area contributed by atoms with Crippen molar-refractivity contribution in [3.63, 3.8) is 0 Å². The molecule has 0 saturated carbocycles. The van der Waals surface area contributed by atoms with Crippen LogP contribution in [0.15, 0.2) is 42.5 Å². The summed E-state index contributed by atoms with van der Waals surface area (Å²) in [6.45, 7) is 0. The first kappa shape index (κ1) is 10.4. The zero-order chi connectivity index (χ0) is 11.5. The third-order valence-electron chi connectivity index (χ3n) is 2.35. The van der Waals surface area contributed by atoms with Crippen LogP contribution in [0.3, 0.4) is 0 Å². The average molecular weight is 216 g/mol. The fourth-order valence-electron chi connectivity index (χ4n) is 1.54. The lowest BCUT2D eigenvalue weighted by Crippen LogP contribution is -1.87. The van der Waals surface area contributed by atoms with Gasteiger partial charge in [0, 0.05) is 5.56 Å². The Morgan fingerprint density at radius 3 is 2.56 bits per heavy atom. The Labute approximate surface area is 92.0 Å². The zero-order valence-electron chi connectivity index (χ0n) is 8.35. The Morgan fingerprint density at radius 2 is 1.88 bits per heavy atom. The van der Waals surface area contributed by atoms with Crippen molar-refractivity contribution in [2.45, 2.75) is 0 Å². The summed E-state index contributed by atoms with van der Waals surface area (Å²) in [5, 5.41) is 9.07. The van der Waals surface area contributed by atoms with Crippen LogP contribution in [0.5, 0.6) is 5.75 Å². The lowest BCUT2D eigenvalue weighted by molar-refractivity contribution is 0.112. The van der Waals surface area contributed by atoms with Gasteiger partial charge < -0.3 is 5.11 Å². The molecule has 0 aromatic heterocycles. The van der Waals surface area contributed by atoms with Crippen molar-refractivity contribution >= 4 is 6.29 Å². The molecule has 2 nitrogen and oxygen atoms in total. The molecule has 2 rings (SSSR count). The highest BCUT2D eigenvalue weighted by molar-refractivity contribution is 5.87. The minimum Gasteiger partial charge on any atom is -0.505 e. The van der Waals surface area contributed by atoms with Crippen LogP contribution < -0.4 is 0 Å². The molecule has 0 bridgehead atoms. The average Bonchev–Trinajstić information content (AvgIpc) is 2.32. The van der Waals surface area contributed by atoms with Crippen molar-refractivity contribution in [1.82, 2.24) is 0 Å². The van der Waals surface area contributed by atoms with Crippen LogP contribution in [0.2, 0.25) is 0 Å². The van der Waals surface area contributed by atoms with E-state index in [1.54, 1.807) is 30.3 Å². The highest BCUT2D eigenvalue weighted by Gasteiger charge is 2.06. The molecule has 0 atom stereocenters. The van der Waals surface area contributed by atoms with Crippen molar-refractivity contribution in [1.29, 1.82) is 0 Å². The summed E-state index contributed by atoms with van der Waals surface area (Å²) in [6, 6.07) is 10.9. The predicted octanol–water partition coefficient (Wildman–Crippen LogP) is 3.01. The van der Waals surface area contributed by atoms with Gasteiger partial charge in [0.1, 0.15) is 0 Å². The SMILES string of the molecule is O=Cc1ccccc1-c1ccc(O)c(F)c1. The molecule has 0 spiro atoms. The number of carbonyl (C=O) groups is 1. The van der Waals surface area contributed by atoms with Crippen LogP contribution in [0.25, 0.3) is 11.1 Å². The third kappa shape index (κ3) is 1.80. The van der Waals surface area contributed by atoms with Gasteiger partial charge in [-0.3, -0.25) is 4.79 Å². The van der Waals surface area contributed by atoms with Crippen molar-refractivity contribution in [2.24, 2.45) is 0 Å². The summed E-state index contributed by atoms with van der Waals surface area (Å²) in [5.41, 5.74) is 1.71. The smallest absolute Gasteiger partial charge is 0.165 e. The van der Waals surface area contributed by atoms with E-state index in [0.29, 0.717) is 16.7 Å². The molecular weight excluding hydrogens is 207 g/mol. The number of aromatic hydroxyl groups is 1. The standard InChI is InChI=1S/C13H9FO2/c14-12-7-9(5-6-13(12)16)11-4-2-1-3-10(11)8-15/h1-8,16H. The van der Waals surface area contributed by atoms with Crippen LogP contribution in [-0.2, 0) is 0 Å². The van der Waals surface area contributed by atoms with Crippen molar-refractivity contribution < 1.29 is 14.3 Å². The van der Waals surface area contributed by atoms with E-state index in [4.69, 9.17) is 5.11 Å². The molecule has 0 fully saturated rings. The second-order valence-corrected chi connectivity index (χ2v) is 3.37. The van der Waals surface area contributed by atoms with Gasteiger partial charge in [-0.15, -0.1) is 0 Å². The number of hydrogen-bond acceptors (Lipinski definition) is 2. The van der Waals surface area contributed by atoms with Crippen LogP contribution >= 0.6 is 0 Å². The highest BCUT2D eigenvalue weighted by Crippen LogP contribution is 2.26. The fraction of sp³-hybridized carbons (Fsp3) is 0. The second kappa shape index (κ2) is 4.14. The molecule has 0 saturated heterocycles. The summed E-state index contributed by atoms with van der Waals surface area (Å²) in [4.78, 5) is 10.8. The Bertz CT molecular complexity index is 535. The largest absolute Gasteiger partial charge is 0.505 e. The van der Waals surface area contributed by atoms with Gasteiger partial charge in [-0.25, -0.2) is 4.39 Å². The van der Waals surface area contributed by atoms with Gasteiger partial charge in [-0.1, -0.05) is 30.3 Å². The van der Waals surface area contributed by atoms with Gasteiger partial charge in [0.25, 0.3) is 0 Å². The van der Waals surface area contributed by atoms with E-state index in [2.05, 4.69) is 0 Å². The maximum absolute atomic E-state index is 13.2. The predicted molar refractivity (Wildman–Crippen MR) is 58.9 cm³/mol. The van der Waals surface area contributed by atoms with Crippen LogP contribution in [0.4, 0.5) is 4.39 Å². The third-order valence-corrected chi connectivity index (χ3v) is 2.35. The second-order valence-electron chi connectivity index (χ2n) is 3.37. The Balaban J connectivity index is 2.58. The number of benzene rings is 2. The quantitative estimate of drug-likeness (QED) is 0.783. The van der Waals surface area contributed by atoms with E-state index < -0.39 is 11.6 Å². The molecule has 0 heterocycles. The van der Waals surface area contributed by atoms with Crippen molar-refractivity contribution in [2.75, 3.05) is 0 Å². The number of carbonyl (C=O) groups excluding carboxylic acids is 1. The molecule has 2 aromatic carbocycles. The number of rotatable bonds is 2. The molecule has 16 heavy (non-hydrogen) atoms. The monoisotopic (exact) mass is 216 g/mol. The van der Waals surface area contributed by atoms with Gasteiger partial charge in [0.15, 0.2) is 17.9 Å². The number of phenolic OH excluding ortho intramolecular Hbond substituents is 1. The number of halogens is 1. The maximum Gasteiger partial charge on any atom is 0.165 e. The fourth-order valence-corrected chi connectivity index (χ4v) is 1.54. The summed E-state index contributed by atoms with van der Waals surface area (Å²) in [5.74, 6) is -1.09. The highest BCUT2D eigenvalue weighted by atomic mass is 19.1. The van der Waals surface area contributed by atoms with E-state index in [9.17, 15) is 9.18 Å². The topological polar surface area (TPSA) is 37.3 Å². The molecule has 0 amide bonds. The van der Waals surface area contributed by atoms with E-state index in [1.807, 2.05) is 0 Å². The number of phenols is 1. The molecule has 0 radical (unpaired) electrons. The molecular formula is C13H9FO2. The number of aldehydes is 1. The minimum atomic E-state index is -0.696. The van der Waals surface area contributed by atoms with E-state index in [-0.39, 0.29) is 0 Å². The molecule has 80 valence electrons. The van der Waals surface area contributed by atoms with Crippen LogP contribution in [0.1, 0.15) is 10.4 Å². The molecule has 3 heteroatoms. The first-order valence-electron chi connectivity index (χ1n) is 4.75. The maximum atomic E-state index is 13.2. The van der Waals surface area contributed by atoms with E-state index >= 15 is 0 Å². The molecule has 0 aliphatic rings. The lowest BCUT2D eigenvalue weighted by atomic mass is 10.0. The normalized spacial score (nSPS) is 10.1. The van der Waals surface area contributed by atoms with Gasteiger partial charge in [-0.2, -0.15) is 0 Å². The van der Waals surface area contributed by atoms with Gasteiger partial charge in [0.05, 0.1) is 0 Å². The summed E-state index contributed by atoms with van der Waals surface area (Å²) < 4.78 is 13.2. The van der Waals surface area contributed by atoms with Crippen LogP contribution in [0, 0.1) is 5.82 Å². The summed E-state index contributed by atoms with van der Waals surface area (Å²) in [7, 11) is 0. The first-order chi connectivity index (χ1) is 7.72. The Hall–Kier alpha value is -2.16. The molecule has 1 N–H and O–H groups in total. The van der Waals surface area contributed by atoms with E-state index in [1.165, 1.54) is 12.1 Å². The van der Waals surface area contributed by atoms with Crippen molar-refractivity contribution in [3.8, 4) is 16.9 Å². The number of hydrogen-bond donors (Lipinski definition) is 1. The Kier molecular flexibility index (Phi) is 2.68. The lowest BCUT2D eigenvalue weighted by Gasteiger charge is -2.05. The van der Waals surface area contributed by atoms with E-state index in [0.717, 1.165) is 6.29 Å². The summed E-state index contributed by atoms with van der Waals surface area (Å²) in [6.07, 6.45) is 0.722. The minimum absolute atomic E-state index is 0.396. The van der Waals surface area contributed by atoms with Crippen molar-refractivity contribution in [3.05, 3.63) is 53.8 Å².